The van der Waals surface area contributed by atoms with Gasteiger partial charge in [-0.25, -0.2) is 0 Å². The molecule has 2 heterocycles. The molecule has 1 aromatic rings. The molecule has 21 heavy (non-hydrogen) atoms. The number of aliphatic hydroxyl groups is 1. The normalized spacial score (nSPS) is 32.5. The number of methoxy groups -OCH3 is 1. The van der Waals surface area contributed by atoms with E-state index >= 15 is 0 Å². The maximum Gasteiger partial charge on any atom is 0.136 e. The summed E-state index contributed by atoms with van der Waals surface area (Å²) < 4.78 is 5.28. The predicted molar refractivity (Wildman–Crippen MR) is 80.0 cm³/mol. The summed E-state index contributed by atoms with van der Waals surface area (Å²) in [7, 11) is 3.74. The number of nitriles is 1. The third-order valence-electron chi connectivity index (χ3n) is 5.23. The number of ether oxygens (including phenoxy) is 1. The molecule has 0 aromatic heterocycles. The van der Waals surface area contributed by atoms with Crippen LogP contribution in [0.3, 0.4) is 0 Å². The zero-order chi connectivity index (χ0) is 15.0. The first kappa shape index (κ1) is 14.4. The Bertz CT molecular complexity index is 565. The second kappa shape index (κ2) is 5.32. The maximum atomic E-state index is 11.2. The Hall–Kier alpha value is -1.57. The third-order valence-corrected chi connectivity index (χ3v) is 5.23. The Morgan fingerprint density at radius 1 is 1.33 bits per heavy atom. The molecule has 0 amide bonds. The molecule has 2 saturated heterocycles. The van der Waals surface area contributed by atoms with Crippen LogP contribution in [-0.4, -0.2) is 36.2 Å². The predicted octanol–water partition coefficient (Wildman–Crippen LogP) is 2.40. The summed E-state index contributed by atoms with van der Waals surface area (Å²) in [5.74, 6) is 0.549. The summed E-state index contributed by atoms with van der Waals surface area (Å²) in [4.78, 5) is 2.43. The lowest BCUT2D eigenvalue weighted by Crippen LogP contribution is -2.55. The largest absolute Gasteiger partial charge is 0.495 e. The minimum absolute atomic E-state index is 0.448. The van der Waals surface area contributed by atoms with Gasteiger partial charge in [0.1, 0.15) is 11.8 Å². The minimum Gasteiger partial charge on any atom is -0.495 e. The minimum atomic E-state index is -0.802. The average Bonchev–Trinajstić information content (AvgIpc) is 2.48. The van der Waals surface area contributed by atoms with Crippen LogP contribution >= 0.6 is 0 Å². The second-order valence-corrected chi connectivity index (χ2v) is 6.37. The number of fused-ring (bicyclic) bond motifs is 2. The molecule has 2 aliphatic rings. The van der Waals surface area contributed by atoms with Crippen molar-refractivity contribution < 1.29 is 9.84 Å². The summed E-state index contributed by atoms with van der Waals surface area (Å²) in [6, 6.07) is 8.48. The van der Waals surface area contributed by atoms with Crippen molar-refractivity contribution in [3.63, 3.8) is 0 Å². The Morgan fingerprint density at radius 3 is 2.57 bits per heavy atom. The SMILES string of the molecule is COc1cc(C2(O)CC3CCCC(C2)N3C)ccc1C#N. The van der Waals surface area contributed by atoms with Crippen LogP contribution in [0.25, 0.3) is 0 Å². The van der Waals surface area contributed by atoms with Gasteiger partial charge in [-0.15, -0.1) is 0 Å². The zero-order valence-electron chi connectivity index (χ0n) is 12.7. The van der Waals surface area contributed by atoms with Crippen LogP contribution in [0.4, 0.5) is 0 Å². The number of nitrogens with zero attached hydrogens (tertiary/aromatic N) is 2. The van der Waals surface area contributed by atoms with Crippen molar-refractivity contribution in [2.75, 3.05) is 14.2 Å². The van der Waals surface area contributed by atoms with Crippen LogP contribution in [0, 0.1) is 11.3 Å². The van der Waals surface area contributed by atoms with Crippen LogP contribution in [0.15, 0.2) is 18.2 Å². The highest BCUT2D eigenvalue weighted by Crippen LogP contribution is 2.44. The molecule has 0 aliphatic carbocycles. The highest BCUT2D eigenvalue weighted by atomic mass is 16.5. The van der Waals surface area contributed by atoms with Gasteiger partial charge in [0, 0.05) is 12.1 Å². The molecule has 4 nitrogen and oxygen atoms in total. The molecular formula is C17H22N2O2. The summed E-state index contributed by atoms with van der Waals surface area (Å²) >= 11 is 0. The molecular weight excluding hydrogens is 264 g/mol. The van der Waals surface area contributed by atoms with E-state index in [0.29, 0.717) is 23.4 Å². The highest BCUT2D eigenvalue weighted by molar-refractivity contribution is 5.46. The highest BCUT2D eigenvalue weighted by Gasteiger charge is 2.45. The molecule has 2 atom stereocenters. The van der Waals surface area contributed by atoms with Gasteiger partial charge < -0.3 is 14.7 Å². The molecule has 0 saturated carbocycles. The fourth-order valence-corrected chi connectivity index (χ4v) is 3.96. The van der Waals surface area contributed by atoms with Gasteiger partial charge in [-0.2, -0.15) is 5.26 Å². The van der Waals surface area contributed by atoms with Gasteiger partial charge in [0.2, 0.25) is 0 Å². The Morgan fingerprint density at radius 2 is 2.00 bits per heavy atom. The molecule has 0 spiro atoms. The van der Waals surface area contributed by atoms with Crippen molar-refractivity contribution in [3.05, 3.63) is 29.3 Å². The molecule has 4 heteroatoms. The van der Waals surface area contributed by atoms with Gasteiger partial charge in [-0.1, -0.05) is 12.5 Å². The van der Waals surface area contributed by atoms with Crippen LogP contribution in [0.5, 0.6) is 5.75 Å². The summed E-state index contributed by atoms with van der Waals surface area (Å²) in [6.07, 6.45) is 5.09. The van der Waals surface area contributed by atoms with Crippen molar-refractivity contribution in [3.8, 4) is 11.8 Å². The summed E-state index contributed by atoms with van der Waals surface area (Å²) in [6.45, 7) is 0. The van der Waals surface area contributed by atoms with Gasteiger partial charge in [0.25, 0.3) is 0 Å². The van der Waals surface area contributed by atoms with E-state index in [0.717, 1.165) is 31.2 Å². The number of hydrogen-bond donors (Lipinski definition) is 1. The van der Waals surface area contributed by atoms with E-state index in [2.05, 4.69) is 18.0 Å². The van der Waals surface area contributed by atoms with E-state index in [1.54, 1.807) is 13.2 Å². The number of rotatable bonds is 2. The van der Waals surface area contributed by atoms with E-state index in [9.17, 15) is 5.11 Å². The number of benzene rings is 1. The van der Waals surface area contributed by atoms with Crippen LogP contribution in [0.1, 0.15) is 43.2 Å². The van der Waals surface area contributed by atoms with Crippen molar-refractivity contribution in [1.29, 1.82) is 5.26 Å². The molecule has 3 rings (SSSR count). The molecule has 2 fully saturated rings. The Labute approximate surface area is 125 Å². The molecule has 0 radical (unpaired) electrons. The van der Waals surface area contributed by atoms with Crippen molar-refractivity contribution in [2.45, 2.75) is 49.8 Å². The summed E-state index contributed by atoms with van der Waals surface area (Å²) in [5.41, 5.74) is 0.588. The van der Waals surface area contributed by atoms with Crippen molar-refractivity contribution in [2.24, 2.45) is 0 Å². The number of hydrogen-bond acceptors (Lipinski definition) is 4. The lowest BCUT2D eigenvalue weighted by molar-refractivity contribution is -0.0875. The average molecular weight is 286 g/mol. The van der Waals surface area contributed by atoms with Crippen LogP contribution in [-0.2, 0) is 5.60 Å². The standard InChI is InChI=1S/C17H22N2O2/c1-19-14-4-3-5-15(19)10-17(20,9-14)13-7-6-12(11-18)16(8-13)21-2/h6-8,14-15,20H,3-5,9-10H2,1-2H3. The second-order valence-electron chi connectivity index (χ2n) is 6.37. The molecule has 2 unspecified atom stereocenters. The molecule has 2 aliphatic heterocycles. The van der Waals surface area contributed by atoms with Gasteiger partial charge >= 0.3 is 0 Å². The fourth-order valence-electron chi connectivity index (χ4n) is 3.96. The first-order valence-corrected chi connectivity index (χ1v) is 7.60. The van der Waals surface area contributed by atoms with E-state index in [1.165, 1.54) is 6.42 Å². The topological polar surface area (TPSA) is 56.5 Å². The lowest BCUT2D eigenvalue weighted by Gasteiger charge is -2.50. The first-order valence-electron chi connectivity index (χ1n) is 7.60. The monoisotopic (exact) mass is 286 g/mol. The third kappa shape index (κ3) is 2.41. The molecule has 2 bridgehead atoms. The van der Waals surface area contributed by atoms with Gasteiger partial charge in [-0.3, -0.25) is 0 Å². The first-order chi connectivity index (χ1) is 10.1. The van der Waals surface area contributed by atoms with Crippen LogP contribution < -0.4 is 4.74 Å². The number of piperidine rings is 2. The Kier molecular flexibility index (Phi) is 3.64. The van der Waals surface area contributed by atoms with Crippen LogP contribution in [0.2, 0.25) is 0 Å². The van der Waals surface area contributed by atoms with Gasteiger partial charge in [0.15, 0.2) is 0 Å². The molecule has 112 valence electrons. The molecule has 1 aromatic carbocycles. The van der Waals surface area contributed by atoms with E-state index in [-0.39, 0.29) is 0 Å². The summed E-state index contributed by atoms with van der Waals surface area (Å²) in [5, 5.41) is 20.3. The lowest BCUT2D eigenvalue weighted by atomic mass is 9.72. The van der Waals surface area contributed by atoms with E-state index < -0.39 is 5.60 Å². The quantitative estimate of drug-likeness (QED) is 0.907. The van der Waals surface area contributed by atoms with E-state index in [1.807, 2.05) is 12.1 Å². The van der Waals surface area contributed by atoms with E-state index in [4.69, 9.17) is 10.00 Å². The van der Waals surface area contributed by atoms with Gasteiger partial charge in [0.05, 0.1) is 18.3 Å². The zero-order valence-corrected chi connectivity index (χ0v) is 12.7. The Balaban J connectivity index is 1.94. The van der Waals surface area contributed by atoms with Crippen molar-refractivity contribution >= 4 is 0 Å². The smallest absolute Gasteiger partial charge is 0.136 e. The fraction of sp³-hybridized carbons (Fsp3) is 0.588. The van der Waals surface area contributed by atoms with Gasteiger partial charge in [-0.05, 0) is 50.4 Å². The molecule has 1 N–H and O–H groups in total. The van der Waals surface area contributed by atoms with Crippen molar-refractivity contribution in [1.82, 2.24) is 4.90 Å². The maximum absolute atomic E-state index is 11.2.